The molecule has 0 bridgehead atoms. The summed E-state index contributed by atoms with van der Waals surface area (Å²) >= 11 is 0. The topological polar surface area (TPSA) is 80.4 Å². The van der Waals surface area contributed by atoms with E-state index < -0.39 is 17.5 Å². The van der Waals surface area contributed by atoms with Gasteiger partial charge in [0.2, 0.25) is 0 Å². The van der Waals surface area contributed by atoms with Crippen molar-refractivity contribution in [2.75, 3.05) is 14.2 Å². The maximum Gasteiger partial charge on any atom is 0.253 e. The molecule has 1 amide bonds. The van der Waals surface area contributed by atoms with Crippen LogP contribution in [-0.4, -0.2) is 25.1 Å². The van der Waals surface area contributed by atoms with Gasteiger partial charge in [-0.05, 0) is 30.3 Å². The van der Waals surface area contributed by atoms with Crippen LogP contribution >= 0.6 is 0 Å². The standard InChI is InChI=1S/C19H16F2N2O4/c1-26-16-7-11-5-12(19(25)23-15(11)8-17(16)27-2)9-22-18(24)10-3-4-13(20)14(21)6-10/h3-8H,9H2,1-2H3,(H,22,24)(H,23,25). The summed E-state index contributed by atoms with van der Waals surface area (Å²) in [6, 6.07) is 7.78. The Morgan fingerprint density at radius 1 is 1.04 bits per heavy atom. The highest BCUT2D eigenvalue weighted by molar-refractivity contribution is 5.94. The molecule has 2 N–H and O–H groups in total. The SMILES string of the molecule is COc1cc2cc(CNC(=O)c3ccc(F)c(F)c3)c(=O)[nH]c2cc1OC. The Hall–Kier alpha value is -3.42. The summed E-state index contributed by atoms with van der Waals surface area (Å²) in [5, 5.41) is 3.20. The number of carbonyl (C=O) groups excluding carboxylic acids is 1. The number of hydrogen-bond donors (Lipinski definition) is 2. The van der Waals surface area contributed by atoms with E-state index in [1.54, 1.807) is 18.2 Å². The minimum absolute atomic E-state index is 0.0440. The van der Waals surface area contributed by atoms with Crippen LogP contribution in [0.25, 0.3) is 10.9 Å². The zero-order valence-electron chi connectivity index (χ0n) is 14.6. The molecule has 3 aromatic rings. The summed E-state index contributed by atoms with van der Waals surface area (Å²) < 4.78 is 36.6. The lowest BCUT2D eigenvalue weighted by Gasteiger charge is -2.10. The third-order valence-electron chi connectivity index (χ3n) is 4.05. The Bertz CT molecular complexity index is 1080. The predicted molar refractivity (Wildman–Crippen MR) is 95.2 cm³/mol. The number of halogens is 2. The number of hydrogen-bond acceptors (Lipinski definition) is 4. The van der Waals surface area contributed by atoms with Crippen LogP contribution < -0.4 is 20.3 Å². The van der Waals surface area contributed by atoms with Crippen molar-refractivity contribution in [1.29, 1.82) is 0 Å². The van der Waals surface area contributed by atoms with Gasteiger partial charge < -0.3 is 19.8 Å². The molecule has 1 aromatic heterocycles. The molecule has 0 saturated heterocycles. The number of amides is 1. The number of ether oxygens (including phenoxy) is 2. The Morgan fingerprint density at radius 2 is 1.74 bits per heavy atom. The number of rotatable bonds is 5. The van der Waals surface area contributed by atoms with Crippen LogP contribution in [0.5, 0.6) is 11.5 Å². The molecule has 8 heteroatoms. The van der Waals surface area contributed by atoms with E-state index in [0.29, 0.717) is 28.0 Å². The molecule has 0 atom stereocenters. The van der Waals surface area contributed by atoms with Gasteiger partial charge in [-0.1, -0.05) is 0 Å². The Balaban J connectivity index is 1.86. The van der Waals surface area contributed by atoms with Gasteiger partial charge in [0.05, 0.1) is 19.7 Å². The number of aromatic amines is 1. The van der Waals surface area contributed by atoms with Gasteiger partial charge >= 0.3 is 0 Å². The van der Waals surface area contributed by atoms with Crippen molar-refractivity contribution in [2.45, 2.75) is 6.54 Å². The van der Waals surface area contributed by atoms with Crippen molar-refractivity contribution in [3.8, 4) is 11.5 Å². The summed E-state index contributed by atoms with van der Waals surface area (Å²) in [4.78, 5) is 27.1. The number of aromatic nitrogens is 1. The van der Waals surface area contributed by atoms with E-state index in [9.17, 15) is 18.4 Å². The Morgan fingerprint density at radius 3 is 2.41 bits per heavy atom. The molecule has 6 nitrogen and oxygen atoms in total. The lowest BCUT2D eigenvalue weighted by Crippen LogP contribution is -2.26. The zero-order valence-corrected chi connectivity index (χ0v) is 14.6. The summed E-state index contributed by atoms with van der Waals surface area (Å²) in [5.41, 5.74) is 0.414. The molecule has 0 aliphatic rings. The van der Waals surface area contributed by atoms with Gasteiger partial charge in [0, 0.05) is 29.1 Å². The second-order valence-corrected chi connectivity index (χ2v) is 5.73. The first kappa shape index (κ1) is 18.4. The van der Waals surface area contributed by atoms with E-state index in [2.05, 4.69) is 10.3 Å². The van der Waals surface area contributed by atoms with Crippen molar-refractivity contribution in [3.63, 3.8) is 0 Å². The molecular weight excluding hydrogens is 358 g/mol. The first-order valence-electron chi connectivity index (χ1n) is 7.94. The first-order chi connectivity index (χ1) is 12.9. The molecule has 0 spiro atoms. The third kappa shape index (κ3) is 3.74. The molecular formula is C19H16F2N2O4. The van der Waals surface area contributed by atoms with Crippen molar-refractivity contribution in [1.82, 2.24) is 10.3 Å². The van der Waals surface area contributed by atoms with E-state index in [4.69, 9.17) is 9.47 Å². The van der Waals surface area contributed by atoms with Gasteiger partial charge in [0.25, 0.3) is 11.5 Å². The van der Waals surface area contributed by atoms with Crippen LogP contribution in [0.2, 0.25) is 0 Å². The normalized spacial score (nSPS) is 10.7. The number of fused-ring (bicyclic) bond motifs is 1. The summed E-state index contributed by atoms with van der Waals surface area (Å²) in [7, 11) is 2.99. The maximum atomic E-state index is 13.2. The van der Waals surface area contributed by atoms with Gasteiger partial charge in [-0.15, -0.1) is 0 Å². The minimum Gasteiger partial charge on any atom is -0.493 e. The second-order valence-electron chi connectivity index (χ2n) is 5.73. The Labute approximate surface area is 152 Å². The van der Waals surface area contributed by atoms with Crippen LogP contribution in [-0.2, 0) is 6.54 Å². The average Bonchev–Trinajstić information content (AvgIpc) is 2.67. The fraction of sp³-hybridized carbons (Fsp3) is 0.158. The number of pyridine rings is 1. The van der Waals surface area contributed by atoms with E-state index in [-0.39, 0.29) is 17.7 Å². The van der Waals surface area contributed by atoms with Crippen molar-refractivity contribution in [3.05, 3.63) is 69.5 Å². The lowest BCUT2D eigenvalue weighted by atomic mass is 10.1. The lowest BCUT2D eigenvalue weighted by molar-refractivity contribution is 0.0950. The fourth-order valence-electron chi connectivity index (χ4n) is 2.62. The molecule has 0 aliphatic carbocycles. The summed E-state index contributed by atoms with van der Waals surface area (Å²) in [5.74, 6) is -1.82. The number of methoxy groups -OCH3 is 2. The first-order valence-corrected chi connectivity index (χ1v) is 7.94. The van der Waals surface area contributed by atoms with Gasteiger partial charge in [-0.3, -0.25) is 9.59 Å². The smallest absolute Gasteiger partial charge is 0.253 e. The van der Waals surface area contributed by atoms with Gasteiger partial charge in [0.1, 0.15) is 0 Å². The van der Waals surface area contributed by atoms with Gasteiger partial charge in [0.15, 0.2) is 23.1 Å². The van der Waals surface area contributed by atoms with Crippen LogP contribution in [0.3, 0.4) is 0 Å². The van der Waals surface area contributed by atoms with Gasteiger partial charge in [-0.25, -0.2) is 8.78 Å². The molecule has 0 saturated carbocycles. The number of H-pyrrole nitrogens is 1. The van der Waals surface area contributed by atoms with Crippen LogP contribution in [0.4, 0.5) is 8.78 Å². The molecule has 0 fully saturated rings. The molecule has 140 valence electrons. The molecule has 0 radical (unpaired) electrons. The van der Waals surface area contributed by atoms with Crippen LogP contribution in [0.15, 0.2) is 41.2 Å². The van der Waals surface area contributed by atoms with Crippen molar-refractivity contribution < 1.29 is 23.0 Å². The van der Waals surface area contributed by atoms with Crippen LogP contribution in [0, 0.1) is 11.6 Å². The van der Waals surface area contributed by atoms with Crippen LogP contribution in [0.1, 0.15) is 15.9 Å². The highest BCUT2D eigenvalue weighted by Crippen LogP contribution is 2.31. The average molecular weight is 374 g/mol. The second kappa shape index (κ2) is 7.45. The molecule has 2 aromatic carbocycles. The van der Waals surface area contributed by atoms with Crippen molar-refractivity contribution in [2.24, 2.45) is 0 Å². The minimum atomic E-state index is -1.12. The van der Waals surface area contributed by atoms with E-state index >= 15 is 0 Å². The highest BCUT2D eigenvalue weighted by Gasteiger charge is 2.12. The monoisotopic (exact) mass is 374 g/mol. The quantitative estimate of drug-likeness (QED) is 0.720. The highest BCUT2D eigenvalue weighted by atomic mass is 19.2. The van der Waals surface area contributed by atoms with E-state index in [1.165, 1.54) is 14.2 Å². The largest absolute Gasteiger partial charge is 0.493 e. The maximum absolute atomic E-state index is 13.2. The van der Waals surface area contributed by atoms with Gasteiger partial charge in [-0.2, -0.15) is 0 Å². The molecule has 1 heterocycles. The predicted octanol–water partition coefficient (Wildman–Crippen LogP) is 2.75. The fourth-order valence-corrected chi connectivity index (χ4v) is 2.62. The van der Waals surface area contributed by atoms with E-state index in [1.807, 2.05) is 0 Å². The number of benzene rings is 2. The zero-order chi connectivity index (χ0) is 19.6. The van der Waals surface area contributed by atoms with Crippen molar-refractivity contribution >= 4 is 16.8 Å². The number of nitrogens with one attached hydrogen (secondary N) is 2. The molecule has 3 rings (SSSR count). The molecule has 0 unspecified atom stereocenters. The summed E-state index contributed by atoms with van der Waals surface area (Å²) in [6.45, 7) is -0.0859. The van der Waals surface area contributed by atoms with E-state index in [0.717, 1.165) is 18.2 Å². The molecule has 0 aliphatic heterocycles. The Kier molecular flexibility index (Phi) is 5.07. The third-order valence-corrected chi connectivity index (χ3v) is 4.05. The number of carbonyl (C=O) groups is 1. The summed E-state index contributed by atoms with van der Waals surface area (Å²) in [6.07, 6.45) is 0. The molecule has 27 heavy (non-hydrogen) atoms.